The molecule has 27 heavy (non-hydrogen) atoms. The lowest BCUT2D eigenvalue weighted by molar-refractivity contribution is 0.315. The van der Waals surface area contributed by atoms with Crippen LogP contribution in [0.15, 0.2) is 51.4 Å². The summed E-state index contributed by atoms with van der Waals surface area (Å²) in [6, 6.07) is 12.3. The summed E-state index contributed by atoms with van der Waals surface area (Å²) in [4.78, 5) is 4.63. The molecule has 0 saturated carbocycles. The van der Waals surface area contributed by atoms with Crippen LogP contribution in [-0.4, -0.2) is 17.8 Å². The fraction of sp³-hybridized carbons (Fsp3) is 0.238. The third-order valence-electron chi connectivity index (χ3n) is 3.95. The molecule has 1 N–H and O–H groups in total. The first-order valence-electron chi connectivity index (χ1n) is 8.81. The second-order valence-electron chi connectivity index (χ2n) is 6.26. The van der Waals surface area contributed by atoms with Crippen LogP contribution in [0, 0.1) is 13.8 Å². The first-order valence-corrected chi connectivity index (χ1v) is 10.5. The number of rotatable bonds is 7. The minimum Gasteiger partial charge on any atom is -0.492 e. The summed E-state index contributed by atoms with van der Waals surface area (Å²) in [6.45, 7) is 7.00. The number of anilines is 1. The van der Waals surface area contributed by atoms with Gasteiger partial charge < -0.3 is 4.74 Å². The number of hydrogen-bond acceptors (Lipinski definition) is 5. The van der Waals surface area contributed by atoms with E-state index in [0.717, 1.165) is 38.6 Å². The second kappa shape index (κ2) is 9.15. The van der Waals surface area contributed by atoms with Gasteiger partial charge in [-0.25, -0.2) is 4.98 Å². The van der Waals surface area contributed by atoms with Gasteiger partial charge in [0, 0.05) is 10.9 Å². The van der Waals surface area contributed by atoms with Crippen molar-refractivity contribution in [3.63, 3.8) is 0 Å². The lowest BCUT2D eigenvalue weighted by atomic mass is 10.0. The number of aromatic nitrogens is 1. The molecule has 3 rings (SSSR count). The van der Waals surface area contributed by atoms with E-state index in [-0.39, 0.29) is 0 Å². The topological polar surface area (TPSA) is 46.5 Å². The summed E-state index contributed by atoms with van der Waals surface area (Å²) in [7, 11) is 0. The van der Waals surface area contributed by atoms with Gasteiger partial charge in [0.2, 0.25) is 5.13 Å². The van der Waals surface area contributed by atoms with E-state index in [9.17, 15) is 0 Å². The Hall–Kier alpha value is -2.18. The molecule has 2 aromatic carbocycles. The number of hydrogen-bond donors (Lipinski definition) is 1. The highest BCUT2D eigenvalue weighted by atomic mass is 79.9. The Kier molecular flexibility index (Phi) is 6.63. The van der Waals surface area contributed by atoms with Crippen LogP contribution >= 0.6 is 27.3 Å². The molecule has 4 nitrogen and oxygen atoms in total. The third kappa shape index (κ3) is 5.17. The van der Waals surface area contributed by atoms with Crippen molar-refractivity contribution >= 4 is 38.6 Å². The van der Waals surface area contributed by atoms with Crippen molar-refractivity contribution in [2.45, 2.75) is 27.2 Å². The Morgan fingerprint density at radius 2 is 2.07 bits per heavy atom. The molecule has 0 aliphatic carbocycles. The zero-order valence-electron chi connectivity index (χ0n) is 15.6. The van der Waals surface area contributed by atoms with Crippen LogP contribution in [0.4, 0.5) is 5.13 Å². The van der Waals surface area contributed by atoms with Gasteiger partial charge in [-0.05, 0) is 65.5 Å². The molecule has 6 heteroatoms. The van der Waals surface area contributed by atoms with Gasteiger partial charge in [0.15, 0.2) is 0 Å². The molecule has 0 aliphatic rings. The average Bonchev–Trinajstić information content (AvgIpc) is 3.09. The predicted octanol–water partition coefficient (Wildman–Crippen LogP) is 6.42. The monoisotopic (exact) mass is 443 g/mol. The fourth-order valence-corrected chi connectivity index (χ4v) is 3.81. The van der Waals surface area contributed by atoms with Crippen LogP contribution in [0.3, 0.4) is 0 Å². The van der Waals surface area contributed by atoms with Crippen molar-refractivity contribution in [2.24, 2.45) is 5.10 Å². The minimum absolute atomic E-state index is 0.709. The van der Waals surface area contributed by atoms with Crippen molar-refractivity contribution in [2.75, 3.05) is 12.0 Å². The van der Waals surface area contributed by atoms with Crippen molar-refractivity contribution < 1.29 is 4.74 Å². The molecule has 0 bridgehead atoms. The van der Waals surface area contributed by atoms with E-state index in [1.165, 1.54) is 11.1 Å². The minimum atomic E-state index is 0.709. The van der Waals surface area contributed by atoms with Crippen molar-refractivity contribution in [3.8, 4) is 17.0 Å². The predicted molar refractivity (Wildman–Crippen MR) is 118 cm³/mol. The van der Waals surface area contributed by atoms with Crippen LogP contribution in [0.25, 0.3) is 11.3 Å². The van der Waals surface area contributed by atoms with Gasteiger partial charge in [-0.1, -0.05) is 30.7 Å². The lowest BCUT2D eigenvalue weighted by Crippen LogP contribution is -1.96. The van der Waals surface area contributed by atoms with Crippen LogP contribution < -0.4 is 10.2 Å². The molecule has 0 atom stereocenters. The lowest BCUT2D eigenvalue weighted by Gasteiger charge is -2.07. The Morgan fingerprint density at radius 1 is 1.22 bits per heavy atom. The second-order valence-corrected chi connectivity index (χ2v) is 7.98. The first-order chi connectivity index (χ1) is 13.1. The van der Waals surface area contributed by atoms with Gasteiger partial charge >= 0.3 is 0 Å². The fourth-order valence-electron chi connectivity index (χ4n) is 2.64. The van der Waals surface area contributed by atoms with Crippen molar-refractivity contribution in [1.82, 2.24) is 4.98 Å². The Morgan fingerprint density at radius 3 is 2.81 bits per heavy atom. The number of ether oxygens (including phenoxy) is 1. The Balaban J connectivity index is 1.65. The smallest absolute Gasteiger partial charge is 0.203 e. The summed E-state index contributed by atoms with van der Waals surface area (Å²) < 4.78 is 6.58. The molecule has 0 aliphatic heterocycles. The number of halogens is 1. The van der Waals surface area contributed by atoms with Gasteiger partial charge in [0.25, 0.3) is 0 Å². The standard InChI is InChI=1S/C21H22BrN3OS/c1-4-9-26-20-8-6-16(11-18(20)22)12-23-25-21-24-19(13-27-21)17-7-5-14(2)10-15(17)3/h5-8,10-13H,4,9H2,1-3H3,(H,24,25)/b23-12-. The number of thiazole rings is 1. The zero-order chi connectivity index (χ0) is 19.2. The quantitative estimate of drug-likeness (QED) is 0.338. The SMILES string of the molecule is CCCOc1ccc(/C=N\Nc2nc(-c3ccc(C)cc3C)cs2)cc1Br. The highest BCUT2D eigenvalue weighted by molar-refractivity contribution is 9.10. The largest absolute Gasteiger partial charge is 0.492 e. The molecular formula is C21H22BrN3OS. The maximum Gasteiger partial charge on any atom is 0.203 e. The van der Waals surface area contributed by atoms with E-state index in [1.54, 1.807) is 17.6 Å². The maximum atomic E-state index is 5.66. The molecule has 1 heterocycles. The zero-order valence-corrected chi connectivity index (χ0v) is 18.0. The summed E-state index contributed by atoms with van der Waals surface area (Å²) in [6.07, 6.45) is 2.75. The van der Waals surface area contributed by atoms with E-state index >= 15 is 0 Å². The van der Waals surface area contributed by atoms with Crippen molar-refractivity contribution in [1.29, 1.82) is 0 Å². The number of nitrogens with zero attached hydrogens (tertiary/aromatic N) is 2. The van der Waals surface area contributed by atoms with Gasteiger partial charge in [0.05, 0.1) is 23.0 Å². The molecule has 0 fully saturated rings. The maximum absolute atomic E-state index is 5.66. The van der Waals surface area contributed by atoms with Gasteiger partial charge in [0.1, 0.15) is 5.75 Å². The average molecular weight is 444 g/mol. The summed E-state index contributed by atoms with van der Waals surface area (Å²) in [5.74, 6) is 0.847. The molecule has 140 valence electrons. The Labute approximate surface area is 172 Å². The van der Waals surface area contributed by atoms with E-state index in [2.05, 4.69) is 70.4 Å². The van der Waals surface area contributed by atoms with Crippen LogP contribution in [0.5, 0.6) is 5.75 Å². The van der Waals surface area contributed by atoms with Crippen LogP contribution in [0.1, 0.15) is 30.0 Å². The number of benzene rings is 2. The van der Waals surface area contributed by atoms with Gasteiger partial charge in [-0.15, -0.1) is 11.3 Å². The molecule has 0 amide bonds. The first kappa shape index (κ1) is 19.6. The normalized spacial score (nSPS) is 11.1. The molecule has 0 radical (unpaired) electrons. The van der Waals surface area contributed by atoms with E-state index < -0.39 is 0 Å². The highest BCUT2D eigenvalue weighted by Gasteiger charge is 2.07. The molecule has 0 saturated heterocycles. The van der Waals surface area contributed by atoms with E-state index in [0.29, 0.717) is 6.61 Å². The summed E-state index contributed by atoms with van der Waals surface area (Å²) in [5.41, 5.74) is 8.59. The van der Waals surface area contributed by atoms with Gasteiger partial charge in [-0.2, -0.15) is 5.10 Å². The molecule has 0 unspecified atom stereocenters. The van der Waals surface area contributed by atoms with Gasteiger partial charge in [-0.3, -0.25) is 5.43 Å². The number of hydrazone groups is 1. The summed E-state index contributed by atoms with van der Waals surface area (Å²) >= 11 is 5.08. The number of aryl methyl sites for hydroxylation is 2. The summed E-state index contributed by atoms with van der Waals surface area (Å²) in [5, 5.41) is 7.11. The van der Waals surface area contributed by atoms with Crippen LogP contribution in [-0.2, 0) is 0 Å². The molecule has 3 aromatic rings. The molecular weight excluding hydrogens is 422 g/mol. The highest BCUT2D eigenvalue weighted by Crippen LogP contribution is 2.28. The molecule has 0 spiro atoms. The third-order valence-corrected chi connectivity index (χ3v) is 5.32. The molecule has 1 aromatic heterocycles. The van der Waals surface area contributed by atoms with Crippen LogP contribution in [0.2, 0.25) is 0 Å². The number of nitrogens with one attached hydrogen (secondary N) is 1. The van der Waals surface area contributed by atoms with Crippen molar-refractivity contribution in [3.05, 3.63) is 62.9 Å². The Bertz CT molecular complexity index is 952. The van der Waals surface area contributed by atoms with E-state index in [1.807, 2.05) is 23.6 Å². The van der Waals surface area contributed by atoms with E-state index in [4.69, 9.17) is 4.74 Å².